The van der Waals surface area contributed by atoms with E-state index in [9.17, 15) is 9.59 Å². The van der Waals surface area contributed by atoms with Gasteiger partial charge in [-0.2, -0.15) is 0 Å². The number of nitrogens with zero attached hydrogens (tertiary/aromatic N) is 3. The van der Waals surface area contributed by atoms with Gasteiger partial charge in [0.25, 0.3) is 0 Å². The van der Waals surface area contributed by atoms with Crippen molar-refractivity contribution in [1.29, 1.82) is 0 Å². The average molecular weight is 318 g/mol. The molecule has 0 spiro atoms. The molecule has 1 aliphatic heterocycles. The van der Waals surface area contributed by atoms with Crippen LogP contribution in [0.3, 0.4) is 0 Å². The van der Waals surface area contributed by atoms with Gasteiger partial charge in [0.15, 0.2) is 5.58 Å². The van der Waals surface area contributed by atoms with Crippen molar-refractivity contribution < 1.29 is 14.0 Å². The zero-order valence-corrected chi connectivity index (χ0v) is 12.3. The summed E-state index contributed by atoms with van der Waals surface area (Å²) in [5.41, 5.74) is 1.20. The molecule has 0 saturated carbocycles. The van der Waals surface area contributed by atoms with E-state index in [1.54, 1.807) is 12.4 Å². The first kappa shape index (κ1) is 14.5. The fourth-order valence-electron chi connectivity index (χ4n) is 2.61. The van der Waals surface area contributed by atoms with Crippen molar-refractivity contribution in [2.75, 3.05) is 4.90 Å². The minimum atomic E-state index is -0.246. The van der Waals surface area contributed by atoms with Gasteiger partial charge in [-0.05, 0) is 12.5 Å². The van der Waals surface area contributed by atoms with E-state index in [0.717, 1.165) is 15.7 Å². The van der Waals surface area contributed by atoms with Crippen molar-refractivity contribution in [3.63, 3.8) is 0 Å². The summed E-state index contributed by atoms with van der Waals surface area (Å²) in [5, 5.41) is 1.75. The molecule has 1 aliphatic rings. The highest BCUT2D eigenvalue weighted by molar-refractivity contribution is 6.15. The van der Waals surface area contributed by atoms with Crippen LogP contribution in [0.2, 0.25) is 0 Å². The number of anilines is 1. The van der Waals surface area contributed by atoms with E-state index in [4.69, 9.17) is 4.42 Å². The third-order valence-electron chi connectivity index (χ3n) is 3.65. The standard InChI is InChI=1S/C15H11N3O3.ClH/c19-12-2-1-3-13(20)18(12)14-8-17-11-5-4-9-6-16-7-10(9)15(11)21-14;/h4-8H,1-3H2;1H. The normalized spacial score (nSPS) is 15.4. The van der Waals surface area contributed by atoms with Gasteiger partial charge in [-0.25, -0.2) is 9.88 Å². The van der Waals surface area contributed by atoms with Crippen LogP contribution in [0.15, 0.2) is 35.1 Å². The highest BCUT2D eigenvalue weighted by atomic mass is 35.5. The summed E-state index contributed by atoms with van der Waals surface area (Å²) in [7, 11) is 0. The van der Waals surface area contributed by atoms with Gasteiger partial charge in [0, 0.05) is 36.0 Å². The Balaban J connectivity index is 0.00000144. The number of benzene rings is 1. The Morgan fingerprint density at radius 3 is 2.59 bits per heavy atom. The first-order valence-electron chi connectivity index (χ1n) is 6.72. The predicted octanol–water partition coefficient (Wildman–Crippen LogP) is 2.84. The third kappa shape index (κ3) is 2.12. The first-order chi connectivity index (χ1) is 10.2. The Kier molecular flexibility index (Phi) is 3.54. The van der Waals surface area contributed by atoms with E-state index in [1.807, 2.05) is 12.1 Å². The van der Waals surface area contributed by atoms with E-state index in [1.165, 1.54) is 6.20 Å². The van der Waals surface area contributed by atoms with Crippen molar-refractivity contribution in [2.45, 2.75) is 19.3 Å². The number of fused-ring (bicyclic) bond motifs is 3. The lowest BCUT2D eigenvalue weighted by Crippen LogP contribution is -2.40. The third-order valence-corrected chi connectivity index (χ3v) is 3.65. The zero-order chi connectivity index (χ0) is 14.4. The van der Waals surface area contributed by atoms with Gasteiger partial charge in [0.2, 0.25) is 17.7 Å². The molecule has 3 heterocycles. The van der Waals surface area contributed by atoms with E-state index in [0.29, 0.717) is 30.4 Å². The maximum Gasteiger partial charge on any atom is 0.236 e. The smallest absolute Gasteiger partial charge is 0.236 e. The molecule has 0 radical (unpaired) electrons. The molecule has 22 heavy (non-hydrogen) atoms. The SMILES string of the molecule is Cl.O=C1CCCC(=O)N1c1cnc2ccc3cncc3c2o1. The average Bonchev–Trinajstić information content (AvgIpc) is 2.96. The lowest BCUT2D eigenvalue weighted by Gasteiger charge is -2.23. The highest BCUT2D eigenvalue weighted by Gasteiger charge is 2.29. The van der Waals surface area contributed by atoms with Gasteiger partial charge in [0.05, 0.1) is 6.20 Å². The quantitative estimate of drug-likeness (QED) is 0.645. The topological polar surface area (TPSA) is 76.3 Å². The number of hydrogen-bond acceptors (Lipinski definition) is 5. The Morgan fingerprint density at radius 1 is 1.05 bits per heavy atom. The molecule has 2 amide bonds. The van der Waals surface area contributed by atoms with Gasteiger partial charge in [-0.1, -0.05) is 6.07 Å². The van der Waals surface area contributed by atoms with Crippen LogP contribution >= 0.6 is 12.4 Å². The largest absolute Gasteiger partial charge is 0.436 e. The minimum Gasteiger partial charge on any atom is -0.436 e. The summed E-state index contributed by atoms with van der Waals surface area (Å²) in [6, 6.07) is 3.73. The molecule has 2 aromatic heterocycles. The van der Waals surface area contributed by atoms with Gasteiger partial charge in [0.1, 0.15) is 5.52 Å². The van der Waals surface area contributed by atoms with Crippen molar-refractivity contribution in [3.8, 4) is 0 Å². The lowest BCUT2D eigenvalue weighted by atomic mass is 10.1. The summed E-state index contributed by atoms with van der Waals surface area (Å²) in [5.74, 6) is -0.321. The number of hydrogen-bond donors (Lipinski definition) is 0. The van der Waals surface area contributed by atoms with Crippen LogP contribution in [0.5, 0.6) is 0 Å². The van der Waals surface area contributed by atoms with E-state index in [-0.39, 0.29) is 30.1 Å². The Morgan fingerprint density at radius 2 is 1.82 bits per heavy atom. The van der Waals surface area contributed by atoms with Gasteiger partial charge < -0.3 is 4.42 Å². The lowest BCUT2D eigenvalue weighted by molar-refractivity contribution is -0.129. The molecule has 3 aromatic rings. The zero-order valence-electron chi connectivity index (χ0n) is 11.5. The van der Waals surface area contributed by atoms with Gasteiger partial charge in [-0.3, -0.25) is 14.6 Å². The molecular formula is C15H12ClN3O3. The second-order valence-corrected chi connectivity index (χ2v) is 5.00. The number of aromatic nitrogens is 2. The van der Waals surface area contributed by atoms with E-state index in [2.05, 4.69) is 9.97 Å². The van der Waals surface area contributed by atoms with Crippen LogP contribution < -0.4 is 4.90 Å². The Hall–Kier alpha value is -2.47. The van der Waals surface area contributed by atoms with E-state index >= 15 is 0 Å². The van der Waals surface area contributed by atoms with Crippen molar-refractivity contribution in [2.24, 2.45) is 0 Å². The predicted molar refractivity (Wildman–Crippen MR) is 82.9 cm³/mol. The van der Waals surface area contributed by atoms with Crippen LogP contribution in [-0.2, 0) is 9.59 Å². The maximum absolute atomic E-state index is 12.0. The molecule has 4 rings (SSSR count). The van der Waals surface area contributed by atoms with Crippen LogP contribution in [0.4, 0.5) is 5.88 Å². The molecular weight excluding hydrogens is 306 g/mol. The molecule has 1 saturated heterocycles. The summed E-state index contributed by atoms with van der Waals surface area (Å²) in [6.45, 7) is 0. The highest BCUT2D eigenvalue weighted by Crippen LogP contribution is 2.29. The molecule has 112 valence electrons. The molecule has 1 fully saturated rings. The first-order valence-corrected chi connectivity index (χ1v) is 6.72. The number of halogens is 1. The molecule has 0 N–H and O–H groups in total. The number of amides is 2. The summed E-state index contributed by atoms with van der Waals surface area (Å²) >= 11 is 0. The Bertz CT molecular complexity index is 874. The second kappa shape index (κ2) is 5.38. The molecule has 6 nitrogen and oxygen atoms in total. The number of imide groups is 1. The Labute approximate surface area is 131 Å². The fourth-order valence-corrected chi connectivity index (χ4v) is 2.61. The minimum absolute atomic E-state index is 0. The number of rotatable bonds is 1. The number of carbonyl (C=O) groups is 2. The summed E-state index contributed by atoms with van der Waals surface area (Å²) in [6.07, 6.45) is 6.13. The van der Waals surface area contributed by atoms with Crippen LogP contribution in [0.25, 0.3) is 21.9 Å². The molecule has 1 aromatic carbocycles. The molecule has 0 aliphatic carbocycles. The van der Waals surface area contributed by atoms with Crippen molar-refractivity contribution >= 4 is 52.0 Å². The molecule has 0 unspecified atom stereocenters. The molecule has 7 heteroatoms. The van der Waals surface area contributed by atoms with Crippen LogP contribution in [0.1, 0.15) is 19.3 Å². The second-order valence-electron chi connectivity index (χ2n) is 5.00. The van der Waals surface area contributed by atoms with Crippen molar-refractivity contribution in [3.05, 3.63) is 30.7 Å². The molecule has 0 atom stereocenters. The monoisotopic (exact) mass is 317 g/mol. The summed E-state index contributed by atoms with van der Waals surface area (Å²) in [4.78, 5) is 33.4. The fraction of sp³-hybridized carbons (Fsp3) is 0.200. The van der Waals surface area contributed by atoms with E-state index < -0.39 is 0 Å². The molecule has 0 bridgehead atoms. The van der Waals surface area contributed by atoms with Crippen LogP contribution in [0, 0.1) is 0 Å². The van der Waals surface area contributed by atoms with Gasteiger partial charge >= 0.3 is 0 Å². The van der Waals surface area contributed by atoms with Crippen molar-refractivity contribution in [1.82, 2.24) is 9.97 Å². The number of piperidine rings is 1. The summed E-state index contributed by atoms with van der Waals surface area (Å²) < 4.78 is 5.80. The van der Waals surface area contributed by atoms with Gasteiger partial charge in [-0.15, -0.1) is 12.4 Å². The van der Waals surface area contributed by atoms with Crippen LogP contribution in [-0.4, -0.2) is 21.8 Å². The number of carbonyl (C=O) groups excluding carboxylic acids is 2. The maximum atomic E-state index is 12.0.